The Kier molecular flexibility index (Phi) is 4.67. The Morgan fingerprint density at radius 3 is 2.55 bits per heavy atom. The normalized spacial score (nSPS) is 10.3. The number of anilines is 1. The van der Waals surface area contributed by atoms with Gasteiger partial charge in [0.2, 0.25) is 0 Å². The number of nitrogens with one attached hydrogen (secondary N) is 2. The fourth-order valence-electron chi connectivity index (χ4n) is 1.84. The highest BCUT2D eigenvalue weighted by Crippen LogP contribution is 2.14. The second kappa shape index (κ2) is 6.48. The molecule has 0 aliphatic heterocycles. The molecule has 0 aliphatic carbocycles. The first-order valence-corrected chi connectivity index (χ1v) is 6.85. The van der Waals surface area contributed by atoms with Crippen molar-refractivity contribution < 1.29 is 14.3 Å². The summed E-state index contributed by atoms with van der Waals surface area (Å²) in [6.45, 7) is 1.76. The highest BCUT2D eigenvalue weighted by atomic mass is 35.5. The zero-order valence-corrected chi connectivity index (χ0v) is 12.7. The van der Waals surface area contributed by atoms with Crippen molar-refractivity contribution in [1.29, 1.82) is 0 Å². The number of carbonyl (C=O) groups excluding carboxylic acids is 2. The van der Waals surface area contributed by atoms with Gasteiger partial charge in [-0.3, -0.25) is 19.4 Å². The van der Waals surface area contributed by atoms with E-state index in [-0.39, 0.29) is 17.9 Å². The molecule has 2 rings (SSSR count). The molecule has 0 bridgehead atoms. The summed E-state index contributed by atoms with van der Waals surface area (Å²) in [6, 6.07) is 6.36. The molecule has 8 heteroatoms. The van der Waals surface area contributed by atoms with Gasteiger partial charge >= 0.3 is 5.97 Å². The number of halogens is 1. The van der Waals surface area contributed by atoms with Gasteiger partial charge in [-0.05, 0) is 31.2 Å². The summed E-state index contributed by atoms with van der Waals surface area (Å²) in [5.41, 5.74) is -0.640. The lowest BCUT2D eigenvalue weighted by Crippen LogP contribution is -2.24. The van der Waals surface area contributed by atoms with Crippen LogP contribution in [-0.4, -0.2) is 28.3 Å². The standard InChI is InChI=1S/C14H14ClN3O4/c1-3-22-14(21)11-10(13(20)18(2)17-11)12(19)16-9-6-4-8(15)5-7-9/h4-7,17H,3H2,1-2H3,(H,16,19). The number of esters is 1. The van der Waals surface area contributed by atoms with Gasteiger partial charge in [-0.15, -0.1) is 0 Å². The van der Waals surface area contributed by atoms with Crippen molar-refractivity contribution in [3.63, 3.8) is 0 Å². The molecule has 1 aromatic heterocycles. The quantitative estimate of drug-likeness (QED) is 0.839. The van der Waals surface area contributed by atoms with E-state index in [1.165, 1.54) is 7.05 Å². The van der Waals surface area contributed by atoms with Crippen LogP contribution in [0.25, 0.3) is 0 Å². The van der Waals surface area contributed by atoms with Gasteiger partial charge < -0.3 is 10.1 Å². The van der Waals surface area contributed by atoms with Crippen molar-refractivity contribution in [1.82, 2.24) is 9.78 Å². The minimum Gasteiger partial charge on any atom is -0.461 e. The molecule has 1 amide bonds. The number of hydrogen-bond donors (Lipinski definition) is 2. The molecule has 0 saturated carbocycles. The second-order valence-electron chi connectivity index (χ2n) is 4.41. The number of amides is 1. The number of aryl methyl sites for hydroxylation is 1. The van der Waals surface area contributed by atoms with Crippen molar-refractivity contribution in [2.75, 3.05) is 11.9 Å². The van der Waals surface area contributed by atoms with Gasteiger partial charge in [0.1, 0.15) is 5.56 Å². The number of ether oxygens (including phenoxy) is 1. The Morgan fingerprint density at radius 2 is 1.95 bits per heavy atom. The summed E-state index contributed by atoms with van der Waals surface area (Å²) >= 11 is 5.76. The van der Waals surface area contributed by atoms with Crippen LogP contribution >= 0.6 is 11.6 Å². The lowest BCUT2D eigenvalue weighted by Gasteiger charge is -2.05. The van der Waals surface area contributed by atoms with Gasteiger partial charge in [-0.1, -0.05) is 11.6 Å². The van der Waals surface area contributed by atoms with Crippen molar-refractivity contribution in [3.05, 3.63) is 50.9 Å². The molecular weight excluding hydrogens is 310 g/mol. The summed E-state index contributed by atoms with van der Waals surface area (Å²) in [5.74, 6) is -1.46. The molecule has 0 unspecified atom stereocenters. The number of H-pyrrole nitrogens is 1. The number of aromatic nitrogens is 2. The zero-order valence-electron chi connectivity index (χ0n) is 12.0. The molecule has 0 spiro atoms. The van der Waals surface area contributed by atoms with Crippen molar-refractivity contribution in [3.8, 4) is 0 Å². The van der Waals surface area contributed by atoms with E-state index in [1.54, 1.807) is 31.2 Å². The Morgan fingerprint density at radius 1 is 1.32 bits per heavy atom. The largest absolute Gasteiger partial charge is 0.461 e. The van der Waals surface area contributed by atoms with Crippen molar-refractivity contribution in [2.24, 2.45) is 7.05 Å². The number of benzene rings is 1. The first kappa shape index (κ1) is 15.8. The van der Waals surface area contributed by atoms with Crippen LogP contribution in [-0.2, 0) is 11.8 Å². The van der Waals surface area contributed by atoms with Crippen LogP contribution in [0.15, 0.2) is 29.1 Å². The molecule has 7 nitrogen and oxygen atoms in total. The molecule has 0 radical (unpaired) electrons. The van der Waals surface area contributed by atoms with Gasteiger partial charge in [0.15, 0.2) is 5.69 Å². The van der Waals surface area contributed by atoms with Crippen LogP contribution in [0.2, 0.25) is 5.02 Å². The smallest absolute Gasteiger partial charge is 0.357 e. The predicted molar refractivity (Wildman–Crippen MR) is 81.4 cm³/mol. The lowest BCUT2D eigenvalue weighted by atomic mass is 10.2. The molecule has 2 N–H and O–H groups in total. The van der Waals surface area contributed by atoms with E-state index in [9.17, 15) is 14.4 Å². The van der Waals surface area contributed by atoms with Crippen molar-refractivity contribution in [2.45, 2.75) is 6.92 Å². The fraction of sp³-hybridized carbons (Fsp3) is 0.214. The Labute approximate surface area is 130 Å². The van der Waals surface area contributed by atoms with Crippen LogP contribution < -0.4 is 10.9 Å². The Balaban J connectivity index is 2.34. The maximum atomic E-state index is 12.3. The first-order valence-electron chi connectivity index (χ1n) is 6.47. The summed E-state index contributed by atoms with van der Waals surface area (Å²) < 4.78 is 5.88. The topological polar surface area (TPSA) is 93.2 Å². The third-order valence-corrected chi connectivity index (χ3v) is 3.11. The van der Waals surface area contributed by atoms with Gasteiger partial charge in [-0.2, -0.15) is 0 Å². The van der Waals surface area contributed by atoms with Gasteiger partial charge in [0, 0.05) is 17.8 Å². The SMILES string of the molecule is CCOC(=O)c1[nH]n(C)c(=O)c1C(=O)Nc1ccc(Cl)cc1. The molecule has 22 heavy (non-hydrogen) atoms. The maximum absolute atomic E-state index is 12.3. The number of aromatic amines is 1. The van der Waals surface area contributed by atoms with Gasteiger partial charge in [-0.25, -0.2) is 4.79 Å². The monoisotopic (exact) mass is 323 g/mol. The van der Waals surface area contributed by atoms with E-state index in [2.05, 4.69) is 10.4 Å². The molecule has 2 aromatic rings. The van der Waals surface area contributed by atoms with Crippen LogP contribution in [0, 0.1) is 0 Å². The maximum Gasteiger partial charge on any atom is 0.357 e. The molecule has 1 heterocycles. The summed E-state index contributed by atoms with van der Waals surface area (Å²) in [4.78, 5) is 36.1. The molecule has 1 aromatic carbocycles. The Hall–Kier alpha value is -2.54. The van der Waals surface area contributed by atoms with E-state index < -0.39 is 17.4 Å². The summed E-state index contributed by atoms with van der Waals surface area (Å²) in [5, 5.41) is 5.58. The van der Waals surface area contributed by atoms with Crippen LogP contribution in [0.1, 0.15) is 27.8 Å². The predicted octanol–water partition coefficient (Wildman–Crippen LogP) is 1.80. The second-order valence-corrected chi connectivity index (χ2v) is 4.84. The molecule has 116 valence electrons. The average Bonchev–Trinajstić information content (AvgIpc) is 2.78. The molecule has 0 saturated heterocycles. The average molecular weight is 324 g/mol. The van der Waals surface area contributed by atoms with E-state index in [4.69, 9.17) is 16.3 Å². The van der Waals surface area contributed by atoms with Crippen LogP contribution in [0.3, 0.4) is 0 Å². The molecule has 0 atom stereocenters. The molecule has 0 fully saturated rings. The third-order valence-electron chi connectivity index (χ3n) is 2.86. The summed E-state index contributed by atoms with van der Waals surface area (Å²) in [6.07, 6.45) is 0. The number of carbonyl (C=O) groups is 2. The van der Waals surface area contributed by atoms with E-state index in [0.29, 0.717) is 10.7 Å². The van der Waals surface area contributed by atoms with Gasteiger partial charge in [0.25, 0.3) is 11.5 Å². The molecule has 0 aliphatic rings. The zero-order chi connectivity index (χ0) is 16.3. The van der Waals surface area contributed by atoms with E-state index in [1.807, 2.05) is 0 Å². The fourth-order valence-corrected chi connectivity index (χ4v) is 1.96. The lowest BCUT2D eigenvalue weighted by molar-refractivity contribution is 0.0515. The highest BCUT2D eigenvalue weighted by molar-refractivity contribution is 6.30. The number of nitrogens with zero attached hydrogens (tertiary/aromatic N) is 1. The van der Waals surface area contributed by atoms with Crippen molar-refractivity contribution >= 4 is 29.2 Å². The van der Waals surface area contributed by atoms with Crippen LogP contribution in [0.5, 0.6) is 0 Å². The van der Waals surface area contributed by atoms with Gasteiger partial charge in [0.05, 0.1) is 6.61 Å². The van der Waals surface area contributed by atoms with E-state index in [0.717, 1.165) is 4.68 Å². The first-order chi connectivity index (χ1) is 10.4. The third kappa shape index (κ3) is 3.20. The number of hydrogen-bond acceptors (Lipinski definition) is 4. The number of rotatable bonds is 4. The van der Waals surface area contributed by atoms with E-state index >= 15 is 0 Å². The minimum absolute atomic E-state index is 0.133. The molecular formula is C14H14ClN3O4. The highest BCUT2D eigenvalue weighted by Gasteiger charge is 2.25. The minimum atomic E-state index is -0.763. The summed E-state index contributed by atoms with van der Waals surface area (Å²) in [7, 11) is 1.41. The Bertz CT molecular complexity index is 761. The van der Waals surface area contributed by atoms with Crippen LogP contribution in [0.4, 0.5) is 5.69 Å².